The molecule has 1 aliphatic rings. The summed E-state index contributed by atoms with van der Waals surface area (Å²) in [6.45, 7) is 2.96. The molecule has 1 aromatic heterocycles. The van der Waals surface area contributed by atoms with E-state index in [0.717, 1.165) is 30.8 Å². The van der Waals surface area contributed by atoms with Gasteiger partial charge in [-0.05, 0) is 54.3 Å². The summed E-state index contributed by atoms with van der Waals surface area (Å²) in [5.74, 6) is 0.330. The molecule has 1 saturated heterocycles. The molecular formula is C31H28F3N7O2S. The number of alkyl halides is 3. The van der Waals surface area contributed by atoms with E-state index < -0.39 is 18.3 Å². The number of amidine groups is 1. The molecule has 9 nitrogen and oxygen atoms in total. The number of urea groups is 1. The van der Waals surface area contributed by atoms with Crippen molar-refractivity contribution in [1.29, 1.82) is 5.26 Å². The Bertz CT molecular complexity index is 1670. The van der Waals surface area contributed by atoms with Gasteiger partial charge in [0.1, 0.15) is 12.1 Å². The van der Waals surface area contributed by atoms with Gasteiger partial charge in [-0.1, -0.05) is 61.2 Å². The van der Waals surface area contributed by atoms with E-state index in [-0.39, 0.29) is 12.3 Å². The van der Waals surface area contributed by atoms with Crippen LogP contribution in [0.2, 0.25) is 0 Å². The van der Waals surface area contributed by atoms with Gasteiger partial charge in [0.25, 0.3) is 0 Å². The number of aryl methyl sites for hydroxylation is 1. The number of amides is 2. The number of aliphatic imine (C=N–C) groups is 1. The average molecular weight is 620 g/mol. The largest absolute Gasteiger partial charge is 0.573 e. The second-order valence-electron chi connectivity index (χ2n) is 9.77. The summed E-state index contributed by atoms with van der Waals surface area (Å²) in [5, 5.41) is 17.6. The van der Waals surface area contributed by atoms with Crippen LogP contribution in [0, 0.1) is 11.3 Å². The molecule has 1 atom stereocenters. The minimum absolute atomic E-state index is 0.0859. The van der Waals surface area contributed by atoms with Crippen LogP contribution in [0.25, 0.3) is 17.1 Å². The lowest BCUT2D eigenvalue weighted by molar-refractivity contribution is -0.274. The average Bonchev–Trinajstić information content (AvgIpc) is 3.52. The first-order valence-corrected chi connectivity index (χ1v) is 14.8. The first-order valence-electron chi connectivity index (χ1n) is 13.9. The van der Waals surface area contributed by atoms with Gasteiger partial charge in [0.15, 0.2) is 11.0 Å². The van der Waals surface area contributed by atoms with Crippen LogP contribution in [0.5, 0.6) is 5.75 Å². The Labute approximate surface area is 256 Å². The number of thioether (sulfide) groups is 1. The Kier molecular flexibility index (Phi) is 9.50. The molecular weight excluding hydrogens is 591 g/mol. The first-order chi connectivity index (χ1) is 21.2. The van der Waals surface area contributed by atoms with Crippen LogP contribution in [0.4, 0.5) is 23.7 Å². The van der Waals surface area contributed by atoms with Crippen LogP contribution in [-0.2, 0) is 6.42 Å². The Morgan fingerprint density at radius 1 is 1.14 bits per heavy atom. The third-order valence-electron chi connectivity index (χ3n) is 6.86. The van der Waals surface area contributed by atoms with Crippen molar-refractivity contribution in [2.75, 3.05) is 23.7 Å². The monoisotopic (exact) mass is 619 g/mol. The number of anilines is 1. The minimum atomic E-state index is -4.77. The van der Waals surface area contributed by atoms with Crippen LogP contribution < -0.4 is 15.0 Å². The number of carbonyl (C=O) groups excluding carboxylic acids is 1. The summed E-state index contributed by atoms with van der Waals surface area (Å²) in [6.07, 6.45) is -1.46. The van der Waals surface area contributed by atoms with Crippen LogP contribution in [0.3, 0.4) is 0 Å². The molecule has 4 aromatic rings. The molecule has 226 valence electrons. The lowest BCUT2D eigenvalue weighted by atomic mass is 9.99. The quantitative estimate of drug-likeness (QED) is 0.234. The zero-order valence-corrected chi connectivity index (χ0v) is 24.5. The SMILES string of the molecule is CCc1ccccc1N1CCCS/C1=N\C(=O)NCC(C#N)c1ccc(-c2ncn(-c3ccc(OC(F)(F)F)cc3)n2)cc1. The van der Waals surface area contributed by atoms with E-state index in [1.54, 1.807) is 36.0 Å². The van der Waals surface area contributed by atoms with E-state index in [9.17, 15) is 23.2 Å². The maximum atomic E-state index is 12.8. The molecule has 1 aliphatic heterocycles. The summed E-state index contributed by atoms with van der Waals surface area (Å²) >= 11 is 1.54. The number of hydrogen-bond acceptors (Lipinski definition) is 6. The van der Waals surface area contributed by atoms with Crippen LogP contribution in [-0.4, -0.2) is 51.2 Å². The highest BCUT2D eigenvalue weighted by Crippen LogP contribution is 2.29. The molecule has 1 unspecified atom stereocenters. The van der Waals surface area contributed by atoms with Crippen molar-refractivity contribution in [1.82, 2.24) is 20.1 Å². The summed E-state index contributed by atoms with van der Waals surface area (Å²) in [7, 11) is 0. The van der Waals surface area contributed by atoms with Crippen molar-refractivity contribution < 1.29 is 22.7 Å². The molecule has 44 heavy (non-hydrogen) atoms. The lowest BCUT2D eigenvalue weighted by Crippen LogP contribution is -2.36. The number of aromatic nitrogens is 3. The Balaban J connectivity index is 1.21. The highest BCUT2D eigenvalue weighted by molar-refractivity contribution is 8.14. The van der Waals surface area contributed by atoms with Crippen molar-refractivity contribution in [3.05, 3.63) is 90.3 Å². The molecule has 0 aliphatic carbocycles. The normalized spacial score (nSPS) is 15.1. The zero-order valence-electron chi connectivity index (χ0n) is 23.7. The predicted octanol–water partition coefficient (Wildman–Crippen LogP) is 6.71. The number of rotatable bonds is 8. The van der Waals surface area contributed by atoms with E-state index in [1.807, 2.05) is 18.2 Å². The number of halogens is 3. The molecule has 13 heteroatoms. The van der Waals surface area contributed by atoms with Gasteiger partial charge in [0, 0.05) is 30.1 Å². The molecule has 1 N–H and O–H groups in total. The predicted molar refractivity (Wildman–Crippen MR) is 163 cm³/mol. The fourth-order valence-corrected chi connectivity index (χ4v) is 5.64. The van der Waals surface area contributed by atoms with Crippen molar-refractivity contribution in [3.8, 4) is 28.9 Å². The molecule has 5 rings (SSSR count). The third kappa shape index (κ3) is 7.57. The van der Waals surface area contributed by atoms with Gasteiger partial charge in [0.2, 0.25) is 0 Å². The van der Waals surface area contributed by atoms with Gasteiger partial charge in [-0.25, -0.2) is 14.5 Å². The molecule has 2 heterocycles. The maximum absolute atomic E-state index is 12.8. The number of nitrogens with one attached hydrogen (secondary N) is 1. The molecule has 3 aromatic carbocycles. The number of ether oxygens (including phenoxy) is 1. The summed E-state index contributed by atoms with van der Waals surface area (Å²) in [6, 6.07) is 22.2. The highest BCUT2D eigenvalue weighted by atomic mass is 32.2. The lowest BCUT2D eigenvalue weighted by Gasteiger charge is -2.31. The number of nitriles is 1. The fraction of sp³-hybridized carbons (Fsp3) is 0.258. The topological polar surface area (TPSA) is 108 Å². The number of nitrogens with zero attached hydrogens (tertiary/aromatic N) is 6. The Morgan fingerprint density at radius 3 is 2.59 bits per heavy atom. The second kappa shape index (κ2) is 13.6. The third-order valence-corrected chi connectivity index (χ3v) is 7.92. The maximum Gasteiger partial charge on any atom is 0.573 e. The molecule has 0 bridgehead atoms. The smallest absolute Gasteiger partial charge is 0.406 e. The molecule has 0 saturated carbocycles. The first kappa shape index (κ1) is 30.6. The van der Waals surface area contributed by atoms with Crippen LogP contribution >= 0.6 is 11.8 Å². The van der Waals surface area contributed by atoms with Crippen molar-refractivity contribution >= 4 is 28.6 Å². The fourth-order valence-electron chi connectivity index (χ4n) is 4.69. The molecule has 0 spiro atoms. The van der Waals surface area contributed by atoms with E-state index in [0.29, 0.717) is 27.8 Å². The van der Waals surface area contributed by atoms with Crippen molar-refractivity contribution in [2.45, 2.75) is 32.0 Å². The van der Waals surface area contributed by atoms with E-state index in [2.05, 4.69) is 49.1 Å². The minimum Gasteiger partial charge on any atom is -0.406 e. The summed E-state index contributed by atoms with van der Waals surface area (Å²) in [5.41, 5.74) is 4.12. The number of benzene rings is 3. The van der Waals surface area contributed by atoms with Crippen LogP contribution in [0.1, 0.15) is 30.4 Å². The summed E-state index contributed by atoms with van der Waals surface area (Å²) in [4.78, 5) is 23.5. The summed E-state index contributed by atoms with van der Waals surface area (Å²) < 4.78 is 42.6. The van der Waals surface area contributed by atoms with E-state index in [4.69, 9.17) is 0 Å². The number of para-hydroxylation sites is 1. The number of hydrogen-bond donors (Lipinski definition) is 1. The Morgan fingerprint density at radius 2 is 1.89 bits per heavy atom. The van der Waals surface area contributed by atoms with Crippen molar-refractivity contribution in [3.63, 3.8) is 0 Å². The molecule has 2 amide bonds. The zero-order chi connectivity index (χ0) is 31.1. The standard InChI is InChI=1S/C31H28F3N7O2S/c1-2-21-6-3-4-7-27(21)40-16-5-17-44-30(40)38-29(42)36-19-24(18-35)22-8-10-23(11-9-22)28-37-20-41(39-28)25-12-14-26(15-13-25)43-31(32,33)34/h3-4,6-15,20,24H,2,5,16-17,19H2,1H3,(H,36,42)/b38-30-. The van der Waals surface area contributed by atoms with Gasteiger partial charge >= 0.3 is 12.4 Å². The Hall–Kier alpha value is -4.83. The van der Waals surface area contributed by atoms with Crippen molar-refractivity contribution in [2.24, 2.45) is 4.99 Å². The number of carbonyl (C=O) groups is 1. The van der Waals surface area contributed by atoms with Crippen LogP contribution in [0.15, 0.2) is 84.1 Å². The van der Waals surface area contributed by atoms with Gasteiger partial charge in [0.05, 0.1) is 17.7 Å². The van der Waals surface area contributed by atoms with E-state index in [1.165, 1.54) is 40.8 Å². The van der Waals surface area contributed by atoms with Gasteiger partial charge in [-0.3, -0.25) is 0 Å². The van der Waals surface area contributed by atoms with Gasteiger partial charge in [-0.2, -0.15) is 10.3 Å². The van der Waals surface area contributed by atoms with E-state index >= 15 is 0 Å². The van der Waals surface area contributed by atoms with Gasteiger partial charge in [-0.15, -0.1) is 18.3 Å². The molecule has 1 fully saturated rings. The highest BCUT2D eigenvalue weighted by Gasteiger charge is 2.31. The van der Waals surface area contributed by atoms with Gasteiger partial charge < -0.3 is 15.0 Å². The second-order valence-corrected chi connectivity index (χ2v) is 10.8. The molecule has 0 radical (unpaired) electrons.